The summed E-state index contributed by atoms with van der Waals surface area (Å²) in [6.45, 7) is 2.37. The van der Waals surface area contributed by atoms with Gasteiger partial charge in [-0.15, -0.1) is 0 Å². The zero-order chi connectivity index (χ0) is 17.4. The van der Waals surface area contributed by atoms with Crippen LogP contribution in [0.25, 0.3) is 27.8 Å². The zero-order valence-electron chi connectivity index (χ0n) is 13.7. The number of hydrogen-bond acceptors (Lipinski definition) is 6. The van der Waals surface area contributed by atoms with Gasteiger partial charge >= 0.3 is 5.69 Å². The molecule has 8 heteroatoms. The third-order valence-corrected chi connectivity index (χ3v) is 3.87. The number of methoxy groups -OCH3 is 1. The molecule has 3 heterocycles. The van der Waals surface area contributed by atoms with Gasteiger partial charge in [-0.3, -0.25) is 9.55 Å². The van der Waals surface area contributed by atoms with Crippen LogP contribution >= 0.6 is 0 Å². The number of H-pyrrole nitrogens is 1. The highest BCUT2D eigenvalue weighted by molar-refractivity contribution is 5.87. The molecule has 0 amide bonds. The fourth-order valence-corrected chi connectivity index (χ4v) is 2.84. The second kappa shape index (κ2) is 5.90. The Balaban J connectivity index is 2.03. The van der Waals surface area contributed by atoms with Crippen molar-refractivity contribution in [2.75, 3.05) is 13.7 Å². The molecule has 0 bridgehead atoms. The normalized spacial score (nSPS) is 11.1. The fourth-order valence-electron chi connectivity index (χ4n) is 2.84. The van der Waals surface area contributed by atoms with E-state index in [1.54, 1.807) is 19.4 Å². The van der Waals surface area contributed by atoms with Gasteiger partial charge < -0.3 is 9.47 Å². The van der Waals surface area contributed by atoms with Crippen LogP contribution in [0.2, 0.25) is 0 Å². The van der Waals surface area contributed by atoms with Gasteiger partial charge in [-0.1, -0.05) is 0 Å². The number of aromatic nitrogens is 5. The van der Waals surface area contributed by atoms with Crippen molar-refractivity contribution >= 4 is 22.1 Å². The van der Waals surface area contributed by atoms with Gasteiger partial charge in [0.2, 0.25) is 5.88 Å². The van der Waals surface area contributed by atoms with E-state index in [2.05, 4.69) is 19.9 Å². The summed E-state index contributed by atoms with van der Waals surface area (Å²) in [5, 5.41) is 0.714. The Morgan fingerprint density at radius 2 is 2.08 bits per heavy atom. The van der Waals surface area contributed by atoms with Crippen LogP contribution in [0.15, 0.2) is 41.6 Å². The average Bonchev–Trinajstić information content (AvgIpc) is 2.98. The van der Waals surface area contributed by atoms with Gasteiger partial charge in [0, 0.05) is 12.3 Å². The molecule has 0 unspecified atom stereocenters. The molecule has 4 rings (SSSR count). The maximum absolute atomic E-state index is 12.5. The van der Waals surface area contributed by atoms with Crippen LogP contribution in [0.1, 0.15) is 6.92 Å². The smallest absolute Gasteiger partial charge is 0.332 e. The number of pyridine rings is 1. The first-order chi connectivity index (χ1) is 12.2. The number of imidazole rings is 1. The molecule has 0 saturated heterocycles. The van der Waals surface area contributed by atoms with Gasteiger partial charge in [-0.25, -0.2) is 19.7 Å². The minimum absolute atomic E-state index is 0.301. The standard InChI is InChI=1S/C17H15N5O3/c1-3-25-13-6-7-18-15-14(13)22(17(23)21-15)10-4-5-12-11(8-10)16(24-2)20-9-19-12/h4-9H,3H2,1-2H3,(H,18,21,23). The maximum atomic E-state index is 12.5. The summed E-state index contributed by atoms with van der Waals surface area (Å²) >= 11 is 0. The molecule has 8 nitrogen and oxygen atoms in total. The summed E-state index contributed by atoms with van der Waals surface area (Å²) in [5.41, 5.74) is 2.12. The van der Waals surface area contributed by atoms with Crippen molar-refractivity contribution in [1.82, 2.24) is 24.5 Å². The molecule has 1 aromatic carbocycles. The van der Waals surface area contributed by atoms with Crippen LogP contribution in [0.5, 0.6) is 11.6 Å². The predicted octanol–water partition coefficient (Wildman–Crippen LogP) is 2.06. The predicted molar refractivity (Wildman–Crippen MR) is 92.5 cm³/mol. The van der Waals surface area contributed by atoms with Crippen LogP contribution in [0, 0.1) is 0 Å². The van der Waals surface area contributed by atoms with E-state index in [1.807, 2.05) is 25.1 Å². The Labute approximate surface area is 142 Å². The van der Waals surface area contributed by atoms with Gasteiger partial charge in [-0.2, -0.15) is 0 Å². The Hall–Kier alpha value is -3.42. The van der Waals surface area contributed by atoms with Crippen LogP contribution in [0.3, 0.4) is 0 Å². The third kappa shape index (κ3) is 2.38. The topological polar surface area (TPSA) is 94.9 Å². The molecule has 0 fully saturated rings. The second-order valence-corrected chi connectivity index (χ2v) is 5.29. The van der Waals surface area contributed by atoms with E-state index in [4.69, 9.17) is 9.47 Å². The van der Waals surface area contributed by atoms with Crippen molar-refractivity contribution in [2.45, 2.75) is 6.92 Å². The van der Waals surface area contributed by atoms with Crippen molar-refractivity contribution in [3.05, 3.63) is 47.3 Å². The molecule has 1 N–H and O–H groups in total. The lowest BCUT2D eigenvalue weighted by Crippen LogP contribution is -2.15. The van der Waals surface area contributed by atoms with E-state index in [9.17, 15) is 4.79 Å². The van der Waals surface area contributed by atoms with E-state index >= 15 is 0 Å². The molecule has 0 atom stereocenters. The van der Waals surface area contributed by atoms with Gasteiger partial charge in [0.1, 0.15) is 17.6 Å². The van der Waals surface area contributed by atoms with Crippen molar-refractivity contribution in [3.63, 3.8) is 0 Å². The Morgan fingerprint density at radius 3 is 2.88 bits per heavy atom. The molecular formula is C17H15N5O3. The first-order valence-electron chi connectivity index (χ1n) is 7.74. The quantitative estimate of drug-likeness (QED) is 0.612. The summed E-state index contributed by atoms with van der Waals surface area (Å²) < 4.78 is 12.5. The number of benzene rings is 1. The molecule has 0 aliphatic rings. The SMILES string of the molecule is CCOc1ccnc2[nH]c(=O)n(-c3ccc4ncnc(OC)c4c3)c12. The van der Waals surface area contributed by atoms with Gasteiger partial charge in [0.25, 0.3) is 0 Å². The highest BCUT2D eigenvalue weighted by atomic mass is 16.5. The van der Waals surface area contributed by atoms with Crippen LogP contribution in [-0.2, 0) is 0 Å². The van der Waals surface area contributed by atoms with Crippen molar-refractivity contribution < 1.29 is 9.47 Å². The summed E-state index contributed by atoms with van der Waals surface area (Å²) in [6.07, 6.45) is 3.04. The first kappa shape index (κ1) is 15.1. The fraction of sp³-hybridized carbons (Fsp3) is 0.176. The van der Waals surface area contributed by atoms with Crippen LogP contribution < -0.4 is 15.2 Å². The number of fused-ring (bicyclic) bond motifs is 2. The number of hydrogen-bond donors (Lipinski definition) is 1. The summed E-state index contributed by atoms with van der Waals surface area (Å²) in [4.78, 5) is 27.8. The Morgan fingerprint density at radius 1 is 1.20 bits per heavy atom. The molecule has 4 aromatic rings. The Bertz CT molecular complexity index is 1130. The summed E-state index contributed by atoms with van der Waals surface area (Å²) in [6, 6.07) is 7.18. The lowest BCUT2D eigenvalue weighted by molar-refractivity contribution is 0.343. The number of nitrogens with one attached hydrogen (secondary N) is 1. The molecular weight excluding hydrogens is 322 g/mol. The minimum Gasteiger partial charge on any atom is -0.491 e. The highest BCUT2D eigenvalue weighted by Crippen LogP contribution is 2.28. The largest absolute Gasteiger partial charge is 0.491 e. The van der Waals surface area contributed by atoms with Gasteiger partial charge in [-0.05, 0) is 25.1 Å². The van der Waals surface area contributed by atoms with Crippen molar-refractivity contribution in [3.8, 4) is 17.3 Å². The lowest BCUT2D eigenvalue weighted by atomic mass is 10.2. The van der Waals surface area contributed by atoms with Gasteiger partial charge in [0.15, 0.2) is 5.65 Å². The van der Waals surface area contributed by atoms with Crippen molar-refractivity contribution in [1.29, 1.82) is 0 Å². The number of nitrogens with zero attached hydrogens (tertiary/aromatic N) is 4. The first-order valence-corrected chi connectivity index (χ1v) is 7.74. The molecule has 0 radical (unpaired) electrons. The molecule has 3 aromatic heterocycles. The lowest BCUT2D eigenvalue weighted by Gasteiger charge is -2.09. The molecule has 126 valence electrons. The number of ether oxygens (including phenoxy) is 2. The monoisotopic (exact) mass is 337 g/mol. The van der Waals surface area contributed by atoms with Crippen LogP contribution in [-0.4, -0.2) is 38.2 Å². The Kier molecular flexibility index (Phi) is 3.57. The van der Waals surface area contributed by atoms with E-state index in [0.717, 1.165) is 5.52 Å². The number of aromatic amines is 1. The molecule has 0 aliphatic heterocycles. The van der Waals surface area contributed by atoms with Crippen LogP contribution in [0.4, 0.5) is 0 Å². The molecule has 0 spiro atoms. The minimum atomic E-state index is -0.301. The second-order valence-electron chi connectivity index (χ2n) is 5.29. The van der Waals surface area contributed by atoms with E-state index in [-0.39, 0.29) is 5.69 Å². The molecule has 25 heavy (non-hydrogen) atoms. The third-order valence-electron chi connectivity index (χ3n) is 3.87. The molecule has 0 aliphatic carbocycles. The maximum Gasteiger partial charge on any atom is 0.332 e. The summed E-state index contributed by atoms with van der Waals surface area (Å²) in [5.74, 6) is 1.03. The van der Waals surface area contributed by atoms with E-state index < -0.39 is 0 Å². The van der Waals surface area contributed by atoms with E-state index in [0.29, 0.717) is 40.5 Å². The summed E-state index contributed by atoms with van der Waals surface area (Å²) in [7, 11) is 1.55. The van der Waals surface area contributed by atoms with Gasteiger partial charge in [0.05, 0.1) is 30.3 Å². The number of rotatable bonds is 4. The average molecular weight is 337 g/mol. The zero-order valence-corrected chi connectivity index (χ0v) is 13.7. The molecule has 0 saturated carbocycles. The highest BCUT2D eigenvalue weighted by Gasteiger charge is 2.16. The van der Waals surface area contributed by atoms with Crippen molar-refractivity contribution in [2.24, 2.45) is 0 Å². The van der Waals surface area contributed by atoms with E-state index in [1.165, 1.54) is 10.9 Å².